The number of carbonyl (C=O) groups is 7. The topological polar surface area (TPSA) is 460 Å². The van der Waals surface area contributed by atoms with Crippen molar-refractivity contribution in [2.45, 2.75) is 189 Å². The normalized spacial score (nSPS) is 32.0. The zero-order valence-corrected chi connectivity index (χ0v) is 54.1. The van der Waals surface area contributed by atoms with Gasteiger partial charge in [-0.1, -0.05) is 34.6 Å². The Balaban J connectivity index is 1.19. The molecule has 2 aromatic rings. The van der Waals surface area contributed by atoms with Gasteiger partial charge in [0.1, 0.15) is 18.3 Å². The Labute approximate surface area is 523 Å². The van der Waals surface area contributed by atoms with E-state index >= 15 is 0 Å². The first-order valence-corrected chi connectivity index (χ1v) is 32.1. The lowest BCUT2D eigenvalue weighted by Crippen LogP contribution is -2.56. The molecule has 8 rings (SSSR count). The van der Waals surface area contributed by atoms with E-state index in [1.165, 1.54) is 13.3 Å². The number of benzene rings is 1. The standard InChI is InChI=1S/C62H90N13O14P/c1-29-20-39-40(21-30(29)2)75(28-70-39)57-52(84)53(41(27-76)87-57)89-90(85,86)88-31(3)26-69-49(83)18-19-59(8)37(22-46(66)80)56-62(11)61(10,25-48(68)82)36(14-17-45(65)79)51(74-62)33(5)55-60(9,24-47(67)81)34(12-15-43(63)77)38(71-55)23-42-58(6,7)35(13-16-44(64)78)50(72-42)32(4)54(59)73-56/h20-21,23,28,31,34-37,41,52-53,56-57,71,76,84H,12-19,22,24-27H2,1-11H3,(H2,63,77)(H2,64,78)(H2,65,79)(H2,66,80)(H2,67,81)(H2,68,82)(H,69,83)(H,85,86)/t31-,34-,35-,36-,37+,41-,52-,53-,56-,57+,59-,60+,61+,62+/m1/s1. The molecule has 1 unspecified atom stereocenters. The summed E-state index contributed by atoms with van der Waals surface area (Å²) in [5, 5.41) is 28.2. The summed E-state index contributed by atoms with van der Waals surface area (Å²) in [4.78, 5) is 126. The predicted octanol–water partition coefficient (Wildman–Crippen LogP) is 3.16. The van der Waals surface area contributed by atoms with Crippen molar-refractivity contribution < 1.29 is 67.0 Å². The molecule has 8 bridgehead atoms. The van der Waals surface area contributed by atoms with E-state index in [2.05, 4.69) is 15.6 Å². The monoisotopic (exact) mass is 1270 g/mol. The lowest BCUT2D eigenvalue weighted by Gasteiger charge is -2.48. The van der Waals surface area contributed by atoms with E-state index in [0.717, 1.165) is 11.1 Å². The van der Waals surface area contributed by atoms with Crippen molar-refractivity contribution in [3.8, 4) is 0 Å². The fourth-order valence-corrected chi connectivity index (χ4v) is 16.6. The van der Waals surface area contributed by atoms with Gasteiger partial charge in [0.05, 0.1) is 41.7 Å². The molecular weight excluding hydrogens is 1180 g/mol. The largest absolute Gasteiger partial charge is 0.472 e. The van der Waals surface area contributed by atoms with E-state index in [-0.39, 0.29) is 77.2 Å². The molecule has 1 aromatic carbocycles. The highest BCUT2D eigenvalue weighted by Gasteiger charge is 2.66. The molecule has 0 aliphatic carbocycles. The van der Waals surface area contributed by atoms with Crippen LogP contribution in [0, 0.1) is 59.2 Å². The highest BCUT2D eigenvalue weighted by atomic mass is 31.2. The number of allylic oxidation sites excluding steroid dienone is 6. The van der Waals surface area contributed by atoms with Gasteiger partial charge in [0.25, 0.3) is 0 Å². The second-order valence-corrected chi connectivity index (χ2v) is 28.4. The molecule has 492 valence electrons. The molecule has 2 saturated heterocycles. The first-order chi connectivity index (χ1) is 41.8. The third kappa shape index (κ3) is 13.0. The minimum atomic E-state index is -5.07. The molecule has 6 aliphatic heterocycles. The Morgan fingerprint density at radius 3 is 1.99 bits per heavy atom. The van der Waals surface area contributed by atoms with Gasteiger partial charge in [0.2, 0.25) is 41.4 Å². The summed E-state index contributed by atoms with van der Waals surface area (Å²) in [6.07, 6.45) is -4.26. The van der Waals surface area contributed by atoms with E-state index < -0.39 is 143 Å². The second kappa shape index (κ2) is 25.6. The van der Waals surface area contributed by atoms with E-state index in [1.54, 1.807) is 4.57 Å². The average molecular weight is 1270 g/mol. The third-order valence-corrected chi connectivity index (χ3v) is 21.7. The van der Waals surface area contributed by atoms with Crippen molar-refractivity contribution >= 4 is 77.3 Å². The van der Waals surface area contributed by atoms with Crippen LogP contribution in [-0.4, -0.2) is 132 Å². The fourth-order valence-electron chi connectivity index (χ4n) is 15.4. The second-order valence-electron chi connectivity index (χ2n) is 27.1. The summed E-state index contributed by atoms with van der Waals surface area (Å²) >= 11 is 0. The lowest BCUT2D eigenvalue weighted by atomic mass is 9.55. The third-order valence-electron chi connectivity index (χ3n) is 20.6. The van der Waals surface area contributed by atoms with Gasteiger partial charge in [-0.2, -0.15) is 0 Å². The maximum Gasteiger partial charge on any atom is 0.472 e. The summed E-state index contributed by atoms with van der Waals surface area (Å²) in [6.45, 7) is 19.3. The summed E-state index contributed by atoms with van der Waals surface area (Å²) < 4.78 is 32.3. The van der Waals surface area contributed by atoms with Crippen LogP contribution in [0.5, 0.6) is 0 Å². The van der Waals surface area contributed by atoms with Gasteiger partial charge in [-0.25, -0.2) is 9.55 Å². The number of hydrogen-bond acceptors (Lipinski definition) is 18. The molecule has 0 radical (unpaired) electrons. The van der Waals surface area contributed by atoms with Crippen LogP contribution in [0.25, 0.3) is 11.0 Å². The zero-order chi connectivity index (χ0) is 66.7. The van der Waals surface area contributed by atoms with Gasteiger partial charge in [0, 0.05) is 131 Å². The van der Waals surface area contributed by atoms with Crippen LogP contribution >= 0.6 is 7.82 Å². The quantitative estimate of drug-likeness (QED) is 0.0603. The van der Waals surface area contributed by atoms with Crippen LogP contribution in [0.1, 0.15) is 150 Å². The number of nitrogens with zero attached hydrogens (tertiary/aromatic N) is 5. The molecule has 6 aliphatic rings. The van der Waals surface area contributed by atoms with Crippen molar-refractivity contribution in [1.82, 2.24) is 20.2 Å². The molecule has 17 N–H and O–H groups in total. The van der Waals surface area contributed by atoms with Crippen LogP contribution < -0.4 is 45.0 Å². The molecule has 15 atom stereocenters. The number of imidazole rings is 1. The maximum absolute atomic E-state index is 14.4. The number of hydrogen-bond donors (Lipinski definition) is 11. The summed E-state index contributed by atoms with van der Waals surface area (Å²) in [6, 6.07) is 2.70. The van der Waals surface area contributed by atoms with Crippen molar-refractivity contribution in [1.29, 1.82) is 0 Å². The van der Waals surface area contributed by atoms with Gasteiger partial charge in [0.15, 0.2) is 6.23 Å². The van der Waals surface area contributed by atoms with E-state index in [1.807, 2.05) is 87.4 Å². The Morgan fingerprint density at radius 1 is 0.800 bits per heavy atom. The number of aryl methyl sites for hydroxylation is 2. The number of fused-ring (bicyclic) bond motifs is 7. The number of aromatic nitrogens is 2. The van der Waals surface area contributed by atoms with Crippen LogP contribution in [0.3, 0.4) is 0 Å². The number of nitrogens with two attached hydrogens (primary N) is 6. The molecule has 7 heterocycles. The van der Waals surface area contributed by atoms with Gasteiger partial charge in [-0.05, 0) is 108 Å². The van der Waals surface area contributed by atoms with Crippen molar-refractivity contribution in [3.63, 3.8) is 0 Å². The molecule has 27 nitrogen and oxygen atoms in total. The van der Waals surface area contributed by atoms with Crippen molar-refractivity contribution in [2.75, 3.05) is 13.2 Å². The van der Waals surface area contributed by atoms with E-state index in [0.29, 0.717) is 56.4 Å². The Kier molecular flexibility index (Phi) is 19.6. The van der Waals surface area contributed by atoms with Crippen molar-refractivity contribution in [3.05, 3.63) is 63.9 Å². The molecule has 0 spiro atoms. The summed E-state index contributed by atoms with van der Waals surface area (Å²) in [5.74, 6) is -7.18. The number of rotatable bonds is 26. The van der Waals surface area contributed by atoms with Gasteiger partial charge in [-0.15, -0.1) is 0 Å². The van der Waals surface area contributed by atoms with E-state index in [9.17, 15) is 53.2 Å². The molecule has 1 aromatic heterocycles. The highest BCUT2D eigenvalue weighted by molar-refractivity contribution is 7.47. The van der Waals surface area contributed by atoms with Gasteiger partial charge >= 0.3 is 7.82 Å². The first kappa shape index (κ1) is 68.9. The van der Waals surface area contributed by atoms with Crippen LogP contribution in [0.4, 0.5) is 0 Å². The van der Waals surface area contributed by atoms with Crippen LogP contribution in [0.15, 0.2) is 67.8 Å². The lowest BCUT2D eigenvalue weighted by molar-refractivity contribution is -0.124. The average Bonchev–Trinajstić information content (AvgIpc) is 1.53. The van der Waals surface area contributed by atoms with Gasteiger partial charge in [-0.3, -0.25) is 57.6 Å². The number of aliphatic hydroxyl groups is 2. The maximum atomic E-state index is 14.4. The highest BCUT2D eigenvalue weighted by Crippen LogP contribution is 2.63. The zero-order valence-electron chi connectivity index (χ0n) is 53.3. The minimum Gasteiger partial charge on any atom is -0.394 e. The number of primary amides is 6. The molecule has 90 heavy (non-hydrogen) atoms. The number of phosphoric ester groups is 1. The first-order valence-electron chi connectivity index (χ1n) is 30.6. The molecule has 0 saturated carbocycles. The predicted molar refractivity (Wildman–Crippen MR) is 334 cm³/mol. The number of carbonyl (C=O) groups excluding carboxylic acids is 7. The molecular formula is C62H90N13O14P. The molecule has 28 heteroatoms. The summed E-state index contributed by atoms with van der Waals surface area (Å²) in [7, 11) is -5.07. The number of nitrogens with one attached hydrogen (secondary N) is 2. The number of aliphatic imine (C=N–C) groups is 3. The smallest absolute Gasteiger partial charge is 0.394 e. The summed E-state index contributed by atoms with van der Waals surface area (Å²) in [5.41, 5.74) is 37.4. The van der Waals surface area contributed by atoms with E-state index in [4.69, 9.17) is 63.2 Å². The fraction of sp³-hybridized carbons (Fsp3) is 0.629. The minimum absolute atomic E-state index is 0.0114. The van der Waals surface area contributed by atoms with Crippen LogP contribution in [0.2, 0.25) is 0 Å². The van der Waals surface area contributed by atoms with Crippen LogP contribution in [-0.2, 0) is 51.9 Å². The Hall–Kier alpha value is -7.00. The Bertz CT molecular complexity index is 3540. The SMILES string of the molecule is CC1=C2N=C(C=C3NC(=C(C)C4=N[C@@](C)([C@@H]5N=C1[C@](C)(CCC(=O)NC[C@@H](C)OP(=O)(O)O[C@H]1[C@@H](O)[C@@H](n6cnc7cc(C)c(C)cc76)O[C@@H]1CO)[C@H]5CC(N)=O)[C@@](C)(CC(N)=O)[C@@H]4CCC(N)=O)[C@@](C)(CC(N)=O)[C@@H]3CCC(N)=O)C(C)(C)[C@@H]2CCC(N)=O. The van der Waals surface area contributed by atoms with Crippen molar-refractivity contribution in [2.24, 2.45) is 94.7 Å². The molecule has 2 fully saturated rings. The number of amides is 7. The molecule has 7 amide bonds. The number of aliphatic hydroxyl groups excluding tert-OH is 2. The van der Waals surface area contributed by atoms with Gasteiger partial charge < -0.3 is 69.4 Å². The number of phosphoric acid groups is 1. The Morgan fingerprint density at radius 2 is 1.40 bits per heavy atom. The number of ether oxygens (including phenoxy) is 1.